The molecule has 0 unspecified atom stereocenters. The molecule has 0 spiro atoms. The van der Waals surface area contributed by atoms with E-state index in [4.69, 9.17) is 14.2 Å². The molecule has 2 heterocycles. The maximum absolute atomic E-state index is 12.6. The summed E-state index contributed by atoms with van der Waals surface area (Å²) in [5.74, 6) is -1.30. The van der Waals surface area contributed by atoms with Crippen molar-refractivity contribution in [3.05, 3.63) is 22.8 Å². The monoisotopic (exact) mass is 378 g/mol. The Labute approximate surface area is 158 Å². The third-order valence-electron chi connectivity index (χ3n) is 6.69. The molecule has 1 aliphatic carbocycles. The van der Waals surface area contributed by atoms with E-state index in [2.05, 4.69) is 0 Å². The molecule has 148 valence electrons. The fourth-order valence-electron chi connectivity index (χ4n) is 4.44. The summed E-state index contributed by atoms with van der Waals surface area (Å²) in [6.07, 6.45) is 1.09. The van der Waals surface area contributed by atoms with E-state index < -0.39 is 35.3 Å². The molecule has 27 heavy (non-hydrogen) atoms. The largest absolute Gasteiger partial charge is 0.453 e. The van der Waals surface area contributed by atoms with Gasteiger partial charge in [-0.15, -0.1) is 0 Å². The first kappa shape index (κ1) is 19.8. The lowest BCUT2D eigenvalue weighted by molar-refractivity contribution is -0.164. The lowest BCUT2D eigenvalue weighted by Crippen LogP contribution is -2.57. The average Bonchev–Trinajstić information content (AvgIpc) is 3.33. The van der Waals surface area contributed by atoms with Crippen LogP contribution in [0.1, 0.15) is 47.5 Å². The minimum absolute atomic E-state index is 0.0617. The fourth-order valence-corrected chi connectivity index (χ4v) is 4.44. The van der Waals surface area contributed by atoms with Gasteiger partial charge in [0.2, 0.25) is 6.29 Å². The van der Waals surface area contributed by atoms with Gasteiger partial charge in [0.15, 0.2) is 11.9 Å². The number of cyclic esters (lactones) is 1. The molecular weight excluding hydrogens is 352 g/mol. The molecule has 0 bridgehead atoms. The highest BCUT2D eigenvalue weighted by Gasteiger charge is 2.74. The number of aliphatic hydroxyl groups excluding tert-OH is 1. The highest BCUT2D eigenvalue weighted by atomic mass is 16.6. The highest BCUT2D eigenvalue weighted by molar-refractivity contribution is 5.92. The number of carbonyl (C=O) groups excluding carboxylic acids is 3. The number of fused-ring (bicyclic) bond motifs is 1. The number of hydrogen-bond donors (Lipinski definition) is 1. The van der Waals surface area contributed by atoms with Crippen molar-refractivity contribution in [2.45, 2.75) is 71.6 Å². The molecule has 3 rings (SSSR count). The van der Waals surface area contributed by atoms with Crippen LogP contribution in [0.25, 0.3) is 0 Å². The first-order valence-corrected chi connectivity index (χ1v) is 9.21. The predicted molar refractivity (Wildman–Crippen MR) is 94.3 cm³/mol. The summed E-state index contributed by atoms with van der Waals surface area (Å²) in [5.41, 5.74) is -1.30. The van der Waals surface area contributed by atoms with Gasteiger partial charge in [0.25, 0.3) is 0 Å². The van der Waals surface area contributed by atoms with Crippen LogP contribution in [0.3, 0.4) is 0 Å². The van der Waals surface area contributed by atoms with Gasteiger partial charge in [0, 0.05) is 22.1 Å². The van der Waals surface area contributed by atoms with Crippen LogP contribution in [0.2, 0.25) is 0 Å². The topological polar surface area (TPSA) is 102 Å². The number of aliphatic hydroxyl groups is 1. The Hall–Kier alpha value is -1.99. The van der Waals surface area contributed by atoms with Gasteiger partial charge in [0.05, 0.1) is 6.10 Å². The number of esters is 2. The number of hydrogen-bond acceptors (Lipinski definition) is 7. The summed E-state index contributed by atoms with van der Waals surface area (Å²) in [6.45, 7) is 8.64. The Morgan fingerprint density at radius 1 is 1.41 bits per heavy atom. The molecule has 0 amide bonds. The fraction of sp³-hybridized carbons (Fsp3) is 0.650. The summed E-state index contributed by atoms with van der Waals surface area (Å²) in [7, 11) is 0. The maximum atomic E-state index is 12.6. The van der Waals surface area contributed by atoms with Crippen LogP contribution in [-0.2, 0) is 28.6 Å². The minimum Gasteiger partial charge on any atom is -0.453 e. The first-order chi connectivity index (χ1) is 12.6. The molecule has 0 aromatic heterocycles. The van der Waals surface area contributed by atoms with Crippen LogP contribution in [0.5, 0.6) is 0 Å². The van der Waals surface area contributed by atoms with Crippen LogP contribution < -0.4 is 0 Å². The van der Waals surface area contributed by atoms with Crippen molar-refractivity contribution in [3.63, 3.8) is 0 Å². The summed E-state index contributed by atoms with van der Waals surface area (Å²) in [6, 6.07) is 0. The summed E-state index contributed by atoms with van der Waals surface area (Å²) >= 11 is 0. The second kappa shape index (κ2) is 6.56. The van der Waals surface area contributed by atoms with E-state index in [0.717, 1.165) is 19.1 Å². The minimum atomic E-state index is -1.52. The van der Waals surface area contributed by atoms with Crippen molar-refractivity contribution < 1.29 is 33.7 Å². The zero-order chi connectivity index (χ0) is 20.1. The van der Waals surface area contributed by atoms with Gasteiger partial charge in [-0.1, -0.05) is 19.9 Å². The van der Waals surface area contributed by atoms with Crippen LogP contribution in [0, 0.1) is 11.3 Å². The molecule has 0 radical (unpaired) electrons. The van der Waals surface area contributed by atoms with Crippen LogP contribution in [0.4, 0.5) is 0 Å². The van der Waals surface area contributed by atoms with E-state index >= 15 is 0 Å². The Balaban J connectivity index is 2.13. The van der Waals surface area contributed by atoms with Crippen LogP contribution >= 0.6 is 0 Å². The van der Waals surface area contributed by atoms with E-state index in [9.17, 15) is 19.5 Å². The van der Waals surface area contributed by atoms with Crippen molar-refractivity contribution in [1.82, 2.24) is 0 Å². The molecule has 0 aromatic rings. The Morgan fingerprint density at radius 2 is 2.07 bits per heavy atom. The Kier molecular flexibility index (Phi) is 4.80. The lowest BCUT2D eigenvalue weighted by Gasteiger charge is -2.47. The van der Waals surface area contributed by atoms with Crippen molar-refractivity contribution in [3.8, 4) is 0 Å². The maximum Gasteiger partial charge on any atom is 0.336 e. The number of ether oxygens (including phenoxy) is 3. The van der Waals surface area contributed by atoms with E-state index in [1.165, 1.54) is 6.92 Å². The van der Waals surface area contributed by atoms with Crippen molar-refractivity contribution in [1.29, 1.82) is 0 Å². The van der Waals surface area contributed by atoms with E-state index in [0.29, 0.717) is 5.57 Å². The lowest BCUT2D eigenvalue weighted by atomic mass is 9.57. The van der Waals surface area contributed by atoms with Crippen molar-refractivity contribution in [2.24, 2.45) is 11.3 Å². The molecule has 1 saturated heterocycles. The highest BCUT2D eigenvalue weighted by Crippen LogP contribution is 2.63. The third-order valence-corrected chi connectivity index (χ3v) is 6.69. The molecule has 3 aliphatic rings. The SMILES string of the molecule is C/C=C(/C)C(=O)O[C@H](C1=C(C)C(=O)O[C@H]1O)[C@]1(C)[C@@H](C)CC[C@H]2O[C@]21C=O. The number of carbonyl (C=O) groups is 3. The van der Waals surface area contributed by atoms with Crippen molar-refractivity contribution in [2.75, 3.05) is 0 Å². The van der Waals surface area contributed by atoms with E-state index in [-0.39, 0.29) is 23.2 Å². The summed E-state index contributed by atoms with van der Waals surface area (Å²) in [5, 5.41) is 10.4. The van der Waals surface area contributed by atoms with Gasteiger partial charge < -0.3 is 19.3 Å². The molecule has 7 heteroatoms. The molecule has 1 N–H and O–H groups in total. The van der Waals surface area contributed by atoms with E-state index in [1.807, 2.05) is 13.8 Å². The van der Waals surface area contributed by atoms with Gasteiger partial charge in [-0.3, -0.25) is 4.79 Å². The number of allylic oxidation sites excluding steroid dienone is 1. The van der Waals surface area contributed by atoms with Crippen LogP contribution in [0.15, 0.2) is 22.8 Å². The molecule has 2 aliphatic heterocycles. The Bertz CT molecular complexity index is 751. The van der Waals surface area contributed by atoms with Gasteiger partial charge in [-0.25, -0.2) is 9.59 Å². The smallest absolute Gasteiger partial charge is 0.336 e. The van der Waals surface area contributed by atoms with Gasteiger partial charge in [0.1, 0.15) is 6.10 Å². The van der Waals surface area contributed by atoms with Gasteiger partial charge in [-0.05, 0) is 39.5 Å². The van der Waals surface area contributed by atoms with E-state index in [1.54, 1.807) is 19.9 Å². The second-order valence-electron chi connectivity index (χ2n) is 7.87. The normalized spacial score (nSPS) is 39.6. The molecular formula is C20H26O7. The molecule has 7 nitrogen and oxygen atoms in total. The molecule has 6 atom stereocenters. The number of aldehydes is 1. The summed E-state index contributed by atoms with van der Waals surface area (Å²) in [4.78, 5) is 36.6. The average molecular weight is 378 g/mol. The van der Waals surface area contributed by atoms with Gasteiger partial charge >= 0.3 is 11.9 Å². The van der Waals surface area contributed by atoms with Crippen molar-refractivity contribution >= 4 is 18.2 Å². The Morgan fingerprint density at radius 3 is 2.59 bits per heavy atom. The molecule has 2 fully saturated rings. The predicted octanol–water partition coefficient (Wildman–Crippen LogP) is 1.83. The summed E-state index contributed by atoms with van der Waals surface area (Å²) < 4.78 is 16.5. The molecule has 1 saturated carbocycles. The van der Waals surface area contributed by atoms with Gasteiger partial charge in [-0.2, -0.15) is 0 Å². The standard InChI is InChI=1S/C20H26O7/c1-6-10(2)16(22)25-15(14-12(4)17(23)26-18(14)24)19(5)11(3)7-8-13-20(19,9-21)27-13/h6,9,11,13,15,18,24H,7-8H2,1-5H3/b10-6-/t11-,13+,15+,18+,19-,20+/m0/s1. The zero-order valence-electron chi connectivity index (χ0n) is 16.3. The number of epoxide rings is 1. The quantitative estimate of drug-likeness (QED) is 0.337. The third kappa shape index (κ3) is 2.67. The second-order valence-corrected chi connectivity index (χ2v) is 7.87. The zero-order valence-corrected chi connectivity index (χ0v) is 16.3. The molecule has 0 aromatic carbocycles. The number of rotatable bonds is 5. The first-order valence-electron chi connectivity index (χ1n) is 9.21. The van der Waals surface area contributed by atoms with Crippen LogP contribution in [-0.4, -0.2) is 47.4 Å².